The number of halogens is 3. The maximum atomic E-state index is 12.6. The predicted molar refractivity (Wildman–Crippen MR) is 68.1 cm³/mol. The van der Waals surface area contributed by atoms with E-state index in [1.165, 1.54) is 6.07 Å². The van der Waals surface area contributed by atoms with E-state index in [9.17, 15) is 13.2 Å². The molecule has 0 aliphatic carbocycles. The lowest BCUT2D eigenvalue weighted by Gasteiger charge is -2.28. The molecule has 1 aliphatic rings. The summed E-state index contributed by atoms with van der Waals surface area (Å²) in [6.07, 6.45) is -2.27. The Bertz CT molecular complexity index is 414. The average Bonchev–Trinajstić information content (AvgIpc) is 2.39. The summed E-state index contributed by atoms with van der Waals surface area (Å²) in [6.45, 7) is 2.71. The second-order valence-electron chi connectivity index (χ2n) is 4.95. The first-order valence-corrected chi connectivity index (χ1v) is 6.43. The molecular weight excluding hydrogens is 255 g/mol. The van der Waals surface area contributed by atoms with E-state index in [0.717, 1.165) is 38.5 Å². The van der Waals surface area contributed by atoms with Crippen molar-refractivity contribution in [3.63, 3.8) is 0 Å². The van der Waals surface area contributed by atoms with E-state index in [1.807, 2.05) is 4.90 Å². The second kappa shape index (κ2) is 5.77. The summed E-state index contributed by atoms with van der Waals surface area (Å²) >= 11 is 0. The maximum absolute atomic E-state index is 12.6. The van der Waals surface area contributed by atoms with Gasteiger partial charge in [0.25, 0.3) is 0 Å². The van der Waals surface area contributed by atoms with Gasteiger partial charge in [-0.05, 0) is 44.0 Å². The van der Waals surface area contributed by atoms with Gasteiger partial charge >= 0.3 is 6.18 Å². The second-order valence-corrected chi connectivity index (χ2v) is 4.95. The van der Waals surface area contributed by atoms with Crippen LogP contribution in [0.2, 0.25) is 0 Å². The van der Waals surface area contributed by atoms with Crippen LogP contribution >= 0.6 is 0 Å². The van der Waals surface area contributed by atoms with Crippen molar-refractivity contribution >= 4 is 5.82 Å². The molecule has 0 saturated carbocycles. The zero-order valence-corrected chi connectivity index (χ0v) is 10.9. The molecule has 0 bridgehead atoms. The van der Waals surface area contributed by atoms with Gasteiger partial charge in [-0.1, -0.05) is 6.07 Å². The van der Waals surface area contributed by atoms with E-state index in [1.54, 1.807) is 13.1 Å². The number of nitrogens with one attached hydrogen (secondary N) is 1. The molecule has 1 fully saturated rings. The number of anilines is 1. The highest BCUT2D eigenvalue weighted by molar-refractivity contribution is 5.38. The molecule has 106 valence electrons. The summed E-state index contributed by atoms with van der Waals surface area (Å²) < 4.78 is 37.8. The molecule has 0 amide bonds. The van der Waals surface area contributed by atoms with Crippen LogP contribution in [0.4, 0.5) is 19.0 Å². The van der Waals surface area contributed by atoms with Gasteiger partial charge < -0.3 is 10.2 Å². The molecule has 1 aliphatic heterocycles. The van der Waals surface area contributed by atoms with Gasteiger partial charge in [0, 0.05) is 13.6 Å². The number of pyridine rings is 1. The van der Waals surface area contributed by atoms with Crippen molar-refractivity contribution in [1.82, 2.24) is 10.3 Å². The van der Waals surface area contributed by atoms with Gasteiger partial charge in [0.05, 0.1) is 0 Å². The van der Waals surface area contributed by atoms with Gasteiger partial charge in [-0.25, -0.2) is 4.98 Å². The molecule has 1 aromatic heterocycles. The Morgan fingerprint density at radius 1 is 1.32 bits per heavy atom. The molecule has 1 saturated heterocycles. The number of rotatable bonds is 3. The topological polar surface area (TPSA) is 28.2 Å². The van der Waals surface area contributed by atoms with Crippen LogP contribution in [0.5, 0.6) is 0 Å². The number of piperidine rings is 1. The lowest BCUT2D eigenvalue weighted by Crippen LogP contribution is -2.35. The lowest BCUT2D eigenvalue weighted by atomic mass is 9.98. The molecule has 2 heterocycles. The maximum Gasteiger partial charge on any atom is 0.433 e. The van der Waals surface area contributed by atoms with Crippen molar-refractivity contribution in [3.8, 4) is 0 Å². The molecule has 0 spiro atoms. The fraction of sp³-hybridized carbons (Fsp3) is 0.615. The lowest BCUT2D eigenvalue weighted by molar-refractivity contribution is -0.141. The van der Waals surface area contributed by atoms with Crippen molar-refractivity contribution in [2.75, 3.05) is 31.6 Å². The van der Waals surface area contributed by atoms with Crippen LogP contribution in [0.25, 0.3) is 0 Å². The molecule has 0 unspecified atom stereocenters. The third-order valence-electron chi connectivity index (χ3n) is 3.41. The SMILES string of the molecule is CN(CC1CCNCC1)c1cccc(C(F)(F)F)n1. The third-order valence-corrected chi connectivity index (χ3v) is 3.41. The highest BCUT2D eigenvalue weighted by Gasteiger charge is 2.32. The molecule has 1 aromatic rings. The summed E-state index contributed by atoms with van der Waals surface area (Å²) in [5.41, 5.74) is -0.831. The Kier molecular flexibility index (Phi) is 4.29. The van der Waals surface area contributed by atoms with E-state index in [4.69, 9.17) is 0 Å². The van der Waals surface area contributed by atoms with Crippen LogP contribution in [0.1, 0.15) is 18.5 Å². The molecule has 0 aromatic carbocycles. The zero-order valence-electron chi connectivity index (χ0n) is 10.9. The summed E-state index contributed by atoms with van der Waals surface area (Å²) in [7, 11) is 1.80. The highest BCUT2D eigenvalue weighted by atomic mass is 19.4. The van der Waals surface area contributed by atoms with Crippen molar-refractivity contribution in [1.29, 1.82) is 0 Å². The van der Waals surface area contributed by atoms with Crippen LogP contribution in [0.3, 0.4) is 0 Å². The quantitative estimate of drug-likeness (QED) is 0.917. The Hall–Kier alpha value is -1.30. The van der Waals surface area contributed by atoms with Gasteiger partial charge in [0.1, 0.15) is 11.5 Å². The smallest absolute Gasteiger partial charge is 0.359 e. The van der Waals surface area contributed by atoms with Gasteiger partial charge in [-0.3, -0.25) is 0 Å². The Balaban J connectivity index is 2.04. The molecule has 6 heteroatoms. The van der Waals surface area contributed by atoms with Gasteiger partial charge in [0.15, 0.2) is 0 Å². The summed E-state index contributed by atoms with van der Waals surface area (Å²) in [5.74, 6) is 0.899. The zero-order chi connectivity index (χ0) is 13.9. The van der Waals surface area contributed by atoms with Crippen molar-refractivity contribution in [3.05, 3.63) is 23.9 Å². The van der Waals surface area contributed by atoms with Gasteiger partial charge in [-0.2, -0.15) is 13.2 Å². The minimum absolute atomic E-state index is 0.383. The molecule has 0 atom stereocenters. The summed E-state index contributed by atoms with van der Waals surface area (Å²) in [5, 5.41) is 3.27. The first-order chi connectivity index (χ1) is 8.97. The van der Waals surface area contributed by atoms with Crippen LogP contribution < -0.4 is 10.2 Å². The van der Waals surface area contributed by atoms with Crippen molar-refractivity contribution in [2.24, 2.45) is 5.92 Å². The largest absolute Gasteiger partial charge is 0.433 e. The van der Waals surface area contributed by atoms with E-state index < -0.39 is 11.9 Å². The third kappa shape index (κ3) is 3.83. The molecule has 1 N–H and O–H groups in total. The first kappa shape index (κ1) is 14.1. The molecule has 2 rings (SSSR count). The molecular formula is C13H18F3N3. The predicted octanol–water partition coefficient (Wildman–Crippen LogP) is 2.54. The standard InChI is InChI=1S/C13H18F3N3/c1-19(9-10-5-7-17-8-6-10)12-4-2-3-11(18-12)13(14,15)16/h2-4,10,17H,5-9H2,1H3. The Morgan fingerprint density at radius 3 is 2.63 bits per heavy atom. The molecule has 3 nitrogen and oxygen atoms in total. The Labute approximate surface area is 110 Å². The first-order valence-electron chi connectivity index (χ1n) is 6.43. The average molecular weight is 273 g/mol. The van der Waals surface area contributed by atoms with E-state index in [0.29, 0.717) is 11.7 Å². The van der Waals surface area contributed by atoms with Crippen molar-refractivity contribution < 1.29 is 13.2 Å². The number of hydrogen-bond donors (Lipinski definition) is 1. The van der Waals surface area contributed by atoms with E-state index in [-0.39, 0.29) is 0 Å². The number of hydrogen-bond acceptors (Lipinski definition) is 3. The fourth-order valence-electron chi connectivity index (χ4n) is 2.34. The summed E-state index contributed by atoms with van der Waals surface area (Å²) in [4.78, 5) is 5.51. The van der Waals surface area contributed by atoms with Gasteiger partial charge in [-0.15, -0.1) is 0 Å². The van der Waals surface area contributed by atoms with E-state index in [2.05, 4.69) is 10.3 Å². The monoisotopic (exact) mass is 273 g/mol. The van der Waals surface area contributed by atoms with Crippen molar-refractivity contribution in [2.45, 2.75) is 19.0 Å². The van der Waals surface area contributed by atoms with Crippen LogP contribution in [0.15, 0.2) is 18.2 Å². The van der Waals surface area contributed by atoms with Gasteiger partial charge in [0.2, 0.25) is 0 Å². The van der Waals surface area contributed by atoms with Crippen LogP contribution in [-0.2, 0) is 6.18 Å². The minimum atomic E-state index is -4.38. The van der Waals surface area contributed by atoms with Crippen LogP contribution in [0, 0.1) is 5.92 Å². The molecule has 19 heavy (non-hydrogen) atoms. The number of aromatic nitrogens is 1. The normalized spacial score (nSPS) is 17.5. The number of alkyl halides is 3. The Morgan fingerprint density at radius 2 is 2.00 bits per heavy atom. The highest BCUT2D eigenvalue weighted by Crippen LogP contribution is 2.29. The molecule has 0 radical (unpaired) electrons. The fourth-order valence-corrected chi connectivity index (χ4v) is 2.34. The van der Waals surface area contributed by atoms with Crippen LogP contribution in [-0.4, -0.2) is 31.7 Å². The minimum Gasteiger partial charge on any atom is -0.359 e. The summed E-state index contributed by atoms with van der Waals surface area (Å²) in [6, 6.07) is 4.03. The number of nitrogens with zero attached hydrogens (tertiary/aromatic N) is 2. The van der Waals surface area contributed by atoms with E-state index >= 15 is 0 Å².